The number of rotatable bonds is 1. The molecule has 0 bridgehead atoms. The number of ether oxygens (including phenoxy) is 2. The highest BCUT2D eigenvalue weighted by Crippen LogP contribution is 2.39. The van der Waals surface area contributed by atoms with Gasteiger partial charge in [-0.15, -0.1) is 0 Å². The van der Waals surface area contributed by atoms with Gasteiger partial charge in [0.2, 0.25) is 5.91 Å². The zero-order chi connectivity index (χ0) is 19.1. The van der Waals surface area contributed by atoms with E-state index in [9.17, 15) is 27.6 Å². The fourth-order valence-corrected chi connectivity index (χ4v) is 2.12. The minimum atomic E-state index is -4.87. The van der Waals surface area contributed by atoms with E-state index in [1.807, 2.05) is 0 Å². The number of carbonyl (C=O) groups is 3. The average Bonchev–Trinajstić information content (AvgIpc) is 2.61. The largest absolute Gasteiger partial charge is 0.458 e. The Morgan fingerprint density at radius 1 is 1.00 bits per heavy atom. The molecule has 0 radical (unpaired) electrons. The van der Waals surface area contributed by atoms with E-state index in [4.69, 9.17) is 9.47 Å². The molecule has 0 N–H and O–H groups in total. The van der Waals surface area contributed by atoms with E-state index in [1.54, 1.807) is 0 Å². The van der Waals surface area contributed by atoms with Crippen LogP contribution in [0.4, 0.5) is 18.0 Å². The maximum Gasteiger partial charge on any atom is 0.417 e. The van der Waals surface area contributed by atoms with Crippen molar-refractivity contribution in [3.8, 4) is 0 Å². The number of likely N-dealkylation sites (tertiary alicyclic amines) is 1. The molecule has 0 saturated carbocycles. The molecule has 1 aliphatic rings. The van der Waals surface area contributed by atoms with Gasteiger partial charge in [-0.05, 0) is 48.0 Å². The fraction of sp³-hybridized carbons (Fsp3) is 0.800. The molecule has 6 nitrogen and oxygen atoms in total. The van der Waals surface area contributed by atoms with Crippen LogP contribution in [0.5, 0.6) is 0 Å². The molecule has 2 amide bonds. The van der Waals surface area contributed by atoms with Crippen molar-refractivity contribution in [1.29, 1.82) is 0 Å². The predicted molar refractivity (Wildman–Crippen MR) is 76.9 cm³/mol. The van der Waals surface area contributed by atoms with Crippen molar-refractivity contribution in [3.05, 3.63) is 0 Å². The monoisotopic (exact) mass is 353 g/mol. The zero-order valence-corrected chi connectivity index (χ0v) is 14.5. The van der Waals surface area contributed by atoms with Crippen LogP contribution in [-0.4, -0.2) is 46.3 Å². The number of halogens is 3. The van der Waals surface area contributed by atoms with Crippen LogP contribution in [0.3, 0.4) is 0 Å². The summed E-state index contributed by atoms with van der Waals surface area (Å²) in [5.41, 5.74) is -2.01. The van der Waals surface area contributed by atoms with Crippen molar-refractivity contribution in [2.75, 3.05) is 0 Å². The molecule has 138 valence electrons. The number of amides is 2. The van der Waals surface area contributed by atoms with Crippen LogP contribution in [0.2, 0.25) is 0 Å². The number of esters is 1. The van der Waals surface area contributed by atoms with Crippen molar-refractivity contribution >= 4 is 18.0 Å². The molecule has 1 heterocycles. The van der Waals surface area contributed by atoms with Crippen LogP contribution in [-0.2, 0) is 19.1 Å². The van der Waals surface area contributed by atoms with E-state index in [0.29, 0.717) is 0 Å². The van der Waals surface area contributed by atoms with Crippen molar-refractivity contribution in [1.82, 2.24) is 4.90 Å². The highest BCUT2D eigenvalue weighted by Gasteiger charge is 2.58. The zero-order valence-electron chi connectivity index (χ0n) is 14.5. The Bertz CT molecular complexity index is 531. The second-order valence-corrected chi connectivity index (χ2v) is 7.57. The molecule has 1 fully saturated rings. The fourth-order valence-electron chi connectivity index (χ4n) is 2.12. The minimum Gasteiger partial charge on any atom is -0.458 e. The van der Waals surface area contributed by atoms with Crippen LogP contribution >= 0.6 is 0 Å². The topological polar surface area (TPSA) is 72.9 Å². The highest BCUT2D eigenvalue weighted by atomic mass is 19.4. The minimum absolute atomic E-state index is 0.220. The highest BCUT2D eigenvalue weighted by molar-refractivity contribution is 6.01. The number of hydrogen-bond acceptors (Lipinski definition) is 5. The van der Waals surface area contributed by atoms with Gasteiger partial charge >= 0.3 is 18.2 Å². The van der Waals surface area contributed by atoms with Crippen LogP contribution < -0.4 is 0 Å². The number of alkyl halides is 3. The Hall–Kier alpha value is -1.80. The second kappa shape index (κ2) is 6.25. The molecule has 24 heavy (non-hydrogen) atoms. The quantitative estimate of drug-likeness (QED) is 0.678. The van der Waals surface area contributed by atoms with Crippen LogP contribution in [0.15, 0.2) is 0 Å². The van der Waals surface area contributed by atoms with E-state index in [-0.39, 0.29) is 4.90 Å². The molecular formula is C15H22F3NO5. The Labute approximate surface area is 138 Å². The van der Waals surface area contributed by atoms with Crippen LogP contribution in [0.25, 0.3) is 0 Å². The summed E-state index contributed by atoms with van der Waals surface area (Å²) in [5, 5.41) is 0. The van der Waals surface area contributed by atoms with Crippen LogP contribution in [0.1, 0.15) is 48.0 Å². The second-order valence-electron chi connectivity index (χ2n) is 7.57. The first-order valence-electron chi connectivity index (χ1n) is 7.38. The maximum absolute atomic E-state index is 13.0. The SMILES string of the molecule is CC(C)(C)OC(=O)[C@@H]1C[C@H](C(F)(F)F)C(=O)N1C(=O)OC(C)(C)C. The maximum atomic E-state index is 13.0. The molecule has 0 unspecified atom stereocenters. The molecule has 2 atom stereocenters. The first-order chi connectivity index (χ1) is 10.5. The van der Waals surface area contributed by atoms with Gasteiger partial charge in [-0.25, -0.2) is 14.5 Å². The molecule has 0 aromatic heterocycles. The smallest absolute Gasteiger partial charge is 0.417 e. The number of carbonyl (C=O) groups excluding carboxylic acids is 3. The molecule has 9 heteroatoms. The van der Waals surface area contributed by atoms with Crippen molar-refractivity contribution in [2.24, 2.45) is 5.92 Å². The first-order valence-corrected chi connectivity index (χ1v) is 7.38. The average molecular weight is 353 g/mol. The lowest BCUT2D eigenvalue weighted by atomic mass is 10.0. The van der Waals surface area contributed by atoms with Crippen molar-refractivity contribution in [3.63, 3.8) is 0 Å². The Kier molecular flexibility index (Phi) is 5.27. The molecule has 1 aliphatic heterocycles. The Morgan fingerprint density at radius 3 is 1.83 bits per heavy atom. The number of nitrogens with zero attached hydrogens (tertiary/aromatic N) is 1. The van der Waals surface area contributed by atoms with E-state index in [2.05, 4.69) is 0 Å². The molecule has 1 saturated heterocycles. The number of hydrogen-bond donors (Lipinski definition) is 0. The molecule has 1 rings (SSSR count). The summed E-state index contributed by atoms with van der Waals surface area (Å²) < 4.78 is 49.0. The van der Waals surface area contributed by atoms with Gasteiger partial charge in [0.05, 0.1) is 0 Å². The van der Waals surface area contributed by atoms with Gasteiger partial charge in [0.1, 0.15) is 23.2 Å². The van der Waals surface area contributed by atoms with Gasteiger partial charge in [0.25, 0.3) is 0 Å². The predicted octanol–water partition coefficient (Wildman–Crippen LogP) is 3.04. The van der Waals surface area contributed by atoms with Gasteiger partial charge in [0, 0.05) is 0 Å². The molecule has 0 spiro atoms. The van der Waals surface area contributed by atoms with Gasteiger partial charge in [-0.3, -0.25) is 4.79 Å². The van der Waals surface area contributed by atoms with E-state index < -0.39 is 53.7 Å². The van der Waals surface area contributed by atoms with Gasteiger partial charge in [-0.1, -0.05) is 0 Å². The summed E-state index contributed by atoms with van der Waals surface area (Å²) in [6.45, 7) is 9.07. The van der Waals surface area contributed by atoms with Gasteiger partial charge < -0.3 is 9.47 Å². The summed E-state index contributed by atoms with van der Waals surface area (Å²) >= 11 is 0. The third kappa shape index (κ3) is 5.10. The first kappa shape index (κ1) is 20.2. The van der Waals surface area contributed by atoms with Crippen molar-refractivity contribution in [2.45, 2.75) is 71.4 Å². The van der Waals surface area contributed by atoms with E-state index in [1.165, 1.54) is 41.5 Å². The number of imide groups is 1. The molecular weight excluding hydrogens is 331 g/mol. The lowest BCUT2D eigenvalue weighted by Gasteiger charge is -2.28. The lowest BCUT2D eigenvalue weighted by molar-refractivity contribution is -0.180. The summed E-state index contributed by atoms with van der Waals surface area (Å²) in [6, 6.07) is -1.67. The normalized spacial score (nSPS) is 22.5. The molecule has 0 aromatic carbocycles. The summed E-state index contributed by atoms with van der Waals surface area (Å²) in [4.78, 5) is 36.6. The molecule has 0 aliphatic carbocycles. The molecule has 0 aromatic rings. The third-order valence-corrected chi connectivity index (χ3v) is 2.97. The summed E-state index contributed by atoms with van der Waals surface area (Å²) in [5.74, 6) is -5.02. The van der Waals surface area contributed by atoms with E-state index in [0.717, 1.165) is 0 Å². The summed E-state index contributed by atoms with van der Waals surface area (Å²) in [6.07, 6.45) is -7.04. The van der Waals surface area contributed by atoms with E-state index >= 15 is 0 Å². The van der Waals surface area contributed by atoms with Crippen molar-refractivity contribution < 1.29 is 37.0 Å². The van der Waals surface area contributed by atoms with Crippen LogP contribution in [0, 0.1) is 5.92 Å². The third-order valence-electron chi connectivity index (χ3n) is 2.97. The standard InChI is InChI=1S/C15H22F3NO5/c1-13(2,3)23-11(21)9-7-8(15(16,17)18)10(20)19(9)12(22)24-14(4,5)6/h8-9H,7H2,1-6H3/t8-,9-/m0/s1. The Morgan fingerprint density at radius 2 is 1.46 bits per heavy atom. The van der Waals surface area contributed by atoms with Gasteiger partial charge in [0.15, 0.2) is 0 Å². The lowest BCUT2D eigenvalue weighted by Crippen LogP contribution is -2.48. The Balaban J connectivity index is 3.14. The van der Waals surface area contributed by atoms with Gasteiger partial charge in [-0.2, -0.15) is 13.2 Å². The summed E-state index contributed by atoms with van der Waals surface area (Å²) in [7, 11) is 0.